The van der Waals surface area contributed by atoms with Gasteiger partial charge in [-0.05, 0) is 25.8 Å². The predicted molar refractivity (Wildman–Crippen MR) is 92.6 cm³/mol. The predicted octanol–water partition coefficient (Wildman–Crippen LogP) is 1.52. The van der Waals surface area contributed by atoms with Crippen LogP contribution in [0.2, 0.25) is 0 Å². The van der Waals surface area contributed by atoms with Gasteiger partial charge in [0.25, 0.3) is 0 Å². The number of aryl methyl sites for hydroxylation is 1. The summed E-state index contributed by atoms with van der Waals surface area (Å²) in [6, 6.07) is 1.99. The quantitative estimate of drug-likeness (QED) is 0.303. The molecule has 0 amide bonds. The van der Waals surface area contributed by atoms with Gasteiger partial charge in [-0.1, -0.05) is 0 Å². The lowest BCUT2D eigenvalue weighted by molar-refractivity contribution is 0.143. The molecule has 0 unspecified atom stereocenters. The summed E-state index contributed by atoms with van der Waals surface area (Å²) in [5.74, 6) is 0.817. The van der Waals surface area contributed by atoms with Crippen molar-refractivity contribution in [3.63, 3.8) is 0 Å². The number of nitrogens with one attached hydrogen (secondary N) is 2. The van der Waals surface area contributed by atoms with Crippen LogP contribution in [0.4, 0.5) is 0 Å². The highest BCUT2D eigenvalue weighted by Crippen LogP contribution is 1.94. The molecule has 0 aliphatic rings. The zero-order valence-electron chi connectivity index (χ0n) is 12.6. The minimum Gasteiger partial charge on any atom is -0.382 e. The molecular formula is C13H26IN5O. The minimum absolute atomic E-state index is 0. The smallest absolute Gasteiger partial charge is 0.191 e. The first-order chi connectivity index (χ1) is 9.27. The molecule has 0 fully saturated rings. The summed E-state index contributed by atoms with van der Waals surface area (Å²) in [6.45, 7) is 5.26. The van der Waals surface area contributed by atoms with Gasteiger partial charge in [0.1, 0.15) is 0 Å². The van der Waals surface area contributed by atoms with Gasteiger partial charge < -0.3 is 15.4 Å². The number of ether oxygens (including phenoxy) is 1. The van der Waals surface area contributed by atoms with Crippen molar-refractivity contribution in [2.75, 3.05) is 26.8 Å². The Morgan fingerprint density at radius 2 is 2.20 bits per heavy atom. The molecule has 0 spiro atoms. The Labute approximate surface area is 138 Å². The third-order valence-corrected chi connectivity index (χ3v) is 2.80. The molecule has 6 nitrogen and oxygen atoms in total. The maximum absolute atomic E-state index is 5.29. The normalized spacial score (nSPS) is 11.1. The van der Waals surface area contributed by atoms with Crippen LogP contribution in [0, 0.1) is 0 Å². The van der Waals surface area contributed by atoms with Gasteiger partial charge in [0.2, 0.25) is 0 Å². The van der Waals surface area contributed by atoms with Crippen LogP contribution in [0.1, 0.15) is 25.5 Å². The molecule has 2 N–H and O–H groups in total. The van der Waals surface area contributed by atoms with E-state index in [0.29, 0.717) is 0 Å². The molecule has 0 saturated carbocycles. The van der Waals surface area contributed by atoms with Gasteiger partial charge in [0.05, 0.1) is 12.2 Å². The van der Waals surface area contributed by atoms with Crippen molar-refractivity contribution in [1.29, 1.82) is 0 Å². The zero-order chi connectivity index (χ0) is 13.9. The van der Waals surface area contributed by atoms with Crippen LogP contribution >= 0.6 is 24.0 Å². The monoisotopic (exact) mass is 395 g/mol. The van der Waals surface area contributed by atoms with Crippen LogP contribution in [-0.2, 0) is 18.3 Å². The lowest BCUT2D eigenvalue weighted by Gasteiger charge is -2.11. The number of aromatic nitrogens is 2. The average molecular weight is 395 g/mol. The van der Waals surface area contributed by atoms with Crippen molar-refractivity contribution in [3.05, 3.63) is 18.0 Å². The Bertz CT molecular complexity index is 381. The van der Waals surface area contributed by atoms with E-state index >= 15 is 0 Å². The second-order valence-electron chi connectivity index (χ2n) is 4.20. The second-order valence-corrected chi connectivity index (χ2v) is 4.20. The number of nitrogens with zero attached hydrogens (tertiary/aromatic N) is 3. The first kappa shape index (κ1) is 19.2. The van der Waals surface area contributed by atoms with Crippen LogP contribution in [0.15, 0.2) is 17.3 Å². The fourth-order valence-corrected chi connectivity index (χ4v) is 1.65. The summed E-state index contributed by atoms with van der Waals surface area (Å²) < 4.78 is 7.14. The topological polar surface area (TPSA) is 63.5 Å². The third-order valence-electron chi connectivity index (χ3n) is 2.80. The van der Waals surface area contributed by atoms with E-state index < -0.39 is 0 Å². The van der Waals surface area contributed by atoms with Crippen LogP contribution in [0.25, 0.3) is 0 Å². The Kier molecular flexibility index (Phi) is 11.5. The SMILES string of the molecule is CCOCCCCNC(=NC)NCc1ccnn1C.I. The standard InChI is InChI=1S/C13H25N5O.HI/c1-4-19-10-6-5-8-15-13(14-2)16-11-12-7-9-17-18(12)3;/h7,9H,4-6,8,10-11H2,1-3H3,(H2,14,15,16);1H. The lowest BCUT2D eigenvalue weighted by Crippen LogP contribution is -2.37. The first-order valence-corrected chi connectivity index (χ1v) is 6.77. The van der Waals surface area contributed by atoms with Crippen LogP contribution in [0.3, 0.4) is 0 Å². The summed E-state index contributed by atoms with van der Waals surface area (Å²) in [5, 5.41) is 10.7. The molecule has 7 heteroatoms. The number of guanidine groups is 1. The molecule has 0 atom stereocenters. The fraction of sp³-hybridized carbons (Fsp3) is 0.692. The Morgan fingerprint density at radius 1 is 1.40 bits per heavy atom. The van der Waals surface area contributed by atoms with E-state index in [1.165, 1.54) is 0 Å². The third kappa shape index (κ3) is 7.68. The van der Waals surface area contributed by atoms with E-state index in [4.69, 9.17) is 4.74 Å². The first-order valence-electron chi connectivity index (χ1n) is 6.77. The molecule has 0 aliphatic carbocycles. The molecule has 20 heavy (non-hydrogen) atoms. The maximum Gasteiger partial charge on any atom is 0.191 e. The molecular weight excluding hydrogens is 369 g/mol. The summed E-state index contributed by atoms with van der Waals surface area (Å²) in [6.07, 6.45) is 3.94. The molecule has 0 radical (unpaired) electrons. The number of rotatable bonds is 8. The van der Waals surface area contributed by atoms with E-state index in [2.05, 4.69) is 20.7 Å². The van der Waals surface area contributed by atoms with Crippen LogP contribution < -0.4 is 10.6 Å². The highest BCUT2D eigenvalue weighted by Gasteiger charge is 2.00. The van der Waals surface area contributed by atoms with Crippen molar-refractivity contribution in [1.82, 2.24) is 20.4 Å². The van der Waals surface area contributed by atoms with Crippen molar-refractivity contribution < 1.29 is 4.74 Å². The van der Waals surface area contributed by atoms with Gasteiger partial charge in [-0.15, -0.1) is 24.0 Å². The number of hydrogen-bond acceptors (Lipinski definition) is 3. The summed E-state index contributed by atoms with van der Waals surface area (Å²) in [7, 11) is 3.71. The molecule has 116 valence electrons. The Hall–Kier alpha value is -0.830. The summed E-state index contributed by atoms with van der Waals surface area (Å²) in [5.41, 5.74) is 1.12. The second kappa shape index (κ2) is 12.0. The molecule has 0 aliphatic heterocycles. The van der Waals surface area contributed by atoms with Gasteiger partial charge in [0.15, 0.2) is 5.96 Å². The molecule has 1 rings (SSSR count). The van der Waals surface area contributed by atoms with Gasteiger partial charge in [0, 0.05) is 40.1 Å². The number of halogens is 1. The average Bonchev–Trinajstić information content (AvgIpc) is 2.83. The minimum atomic E-state index is 0. The van der Waals surface area contributed by atoms with Gasteiger partial charge >= 0.3 is 0 Å². The highest BCUT2D eigenvalue weighted by molar-refractivity contribution is 14.0. The summed E-state index contributed by atoms with van der Waals surface area (Å²) >= 11 is 0. The largest absolute Gasteiger partial charge is 0.382 e. The Morgan fingerprint density at radius 3 is 2.80 bits per heavy atom. The van der Waals surface area contributed by atoms with Crippen LogP contribution in [0.5, 0.6) is 0 Å². The molecule has 1 heterocycles. The van der Waals surface area contributed by atoms with E-state index in [0.717, 1.165) is 50.8 Å². The van der Waals surface area contributed by atoms with Gasteiger partial charge in [-0.3, -0.25) is 9.67 Å². The van der Waals surface area contributed by atoms with Crippen molar-refractivity contribution >= 4 is 29.9 Å². The molecule has 0 saturated heterocycles. The molecule has 0 bridgehead atoms. The van der Waals surface area contributed by atoms with Crippen molar-refractivity contribution in [3.8, 4) is 0 Å². The van der Waals surface area contributed by atoms with Crippen molar-refractivity contribution in [2.45, 2.75) is 26.3 Å². The lowest BCUT2D eigenvalue weighted by atomic mass is 10.3. The molecule has 1 aromatic heterocycles. The maximum atomic E-state index is 5.29. The number of aliphatic imine (C=N–C) groups is 1. The van der Waals surface area contributed by atoms with Gasteiger partial charge in [-0.25, -0.2) is 0 Å². The number of hydrogen-bond donors (Lipinski definition) is 2. The fourth-order valence-electron chi connectivity index (χ4n) is 1.65. The van der Waals surface area contributed by atoms with E-state index in [1.54, 1.807) is 13.2 Å². The van der Waals surface area contributed by atoms with Gasteiger partial charge in [-0.2, -0.15) is 5.10 Å². The molecule has 0 aromatic carbocycles. The van der Waals surface area contributed by atoms with Crippen LogP contribution in [-0.4, -0.2) is 42.5 Å². The van der Waals surface area contributed by atoms with Crippen molar-refractivity contribution in [2.24, 2.45) is 12.0 Å². The summed E-state index contributed by atoms with van der Waals surface area (Å²) in [4.78, 5) is 4.18. The zero-order valence-corrected chi connectivity index (χ0v) is 14.9. The van der Waals surface area contributed by atoms with E-state index in [-0.39, 0.29) is 24.0 Å². The van der Waals surface area contributed by atoms with E-state index in [9.17, 15) is 0 Å². The van der Waals surface area contributed by atoms with E-state index in [1.807, 2.05) is 24.7 Å². The Balaban J connectivity index is 0.00000361. The highest BCUT2D eigenvalue weighted by atomic mass is 127. The molecule has 1 aromatic rings. The number of unbranched alkanes of at least 4 members (excludes halogenated alkanes) is 1.